The molecule has 154 valence electrons. The number of nitrogens with one attached hydrogen (secondary N) is 2. The molecular formula is C19H17BClFN4O4. The van der Waals surface area contributed by atoms with E-state index in [0.29, 0.717) is 16.7 Å². The van der Waals surface area contributed by atoms with E-state index in [1.807, 2.05) is 0 Å². The van der Waals surface area contributed by atoms with Crippen LogP contribution in [0.25, 0.3) is 11.0 Å². The minimum Gasteiger partial charge on any atom is -0.464 e. The Labute approximate surface area is 177 Å². The van der Waals surface area contributed by atoms with Gasteiger partial charge < -0.3 is 14.6 Å². The van der Waals surface area contributed by atoms with E-state index in [1.54, 1.807) is 30.7 Å². The Bertz CT molecular complexity index is 1120. The van der Waals surface area contributed by atoms with Gasteiger partial charge in [-0.2, -0.15) is 0 Å². The highest BCUT2D eigenvalue weighted by Gasteiger charge is 2.22. The Morgan fingerprint density at radius 1 is 1.33 bits per heavy atom. The van der Waals surface area contributed by atoms with Crippen molar-refractivity contribution >= 4 is 59.2 Å². The standard InChI is InChI=1S/C19H17BClFN4O4/c1-3-29-15(27)8-30-25-19(28)11-7-14-18(23-9-26(14)2)16(22)17(11)24-13-5-4-10(20)6-12(13)21/h4-7,9,24H,3,8H2,1-2H3,(H,25,28). The summed E-state index contributed by atoms with van der Waals surface area (Å²) in [6.07, 6.45) is 1.42. The molecule has 0 aliphatic carbocycles. The average Bonchev–Trinajstić information content (AvgIpc) is 3.06. The van der Waals surface area contributed by atoms with Gasteiger partial charge in [0, 0.05) is 7.05 Å². The largest absolute Gasteiger partial charge is 0.464 e. The first-order valence-corrected chi connectivity index (χ1v) is 9.23. The summed E-state index contributed by atoms with van der Waals surface area (Å²) in [6, 6.07) is 6.07. The number of anilines is 2. The van der Waals surface area contributed by atoms with Crippen LogP contribution in [0.1, 0.15) is 17.3 Å². The zero-order valence-corrected chi connectivity index (χ0v) is 16.9. The highest BCUT2D eigenvalue weighted by atomic mass is 35.5. The van der Waals surface area contributed by atoms with E-state index in [0.717, 1.165) is 0 Å². The van der Waals surface area contributed by atoms with Gasteiger partial charge in [0.1, 0.15) is 13.4 Å². The number of ether oxygens (including phenoxy) is 1. The topological polar surface area (TPSA) is 94.5 Å². The van der Waals surface area contributed by atoms with E-state index >= 15 is 4.39 Å². The maximum Gasteiger partial charge on any atom is 0.334 e. The molecule has 8 nitrogen and oxygen atoms in total. The number of hydrogen-bond acceptors (Lipinski definition) is 6. The molecule has 2 aromatic carbocycles. The van der Waals surface area contributed by atoms with Gasteiger partial charge >= 0.3 is 5.97 Å². The van der Waals surface area contributed by atoms with Gasteiger partial charge in [0.25, 0.3) is 5.91 Å². The number of hydroxylamine groups is 1. The van der Waals surface area contributed by atoms with E-state index in [2.05, 4.69) is 15.8 Å². The number of hydrogen-bond donors (Lipinski definition) is 2. The van der Waals surface area contributed by atoms with Crippen molar-refractivity contribution in [3.05, 3.63) is 47.0 Å². The molecular weight excluding hydrogens is 413 g/mol. The number of imidazole rings is 1. The summed E-state index contributed by atoms with van der Waals surface area (Å²) in [6.45, 7) is 1.32. The van der Waals surface area contributed by atoms with Crippen LogP contribution in [0, 0.1) is 5.82 Å². The van der Waals surface area contributed by atoms with E-state index in [-0.39, 0.29) is 28.4 Å². The molecule has 0 aliphatic rings. The first-order chi connectivity index (χ1) is 14.3. The third-order valence-corrected chi connectivity index (χ3v) is 4.43. The van der Waals surface area contributed by atoms with Gasteiger partial charge in [-0.05, 0) is 25.1 Å². The zero-order valence-electron chi connectivity index (χ0n) is 16.2. The molecule has 0 bridgehead atoms. The molecule has 0 saturated carbocycles. The summed E-state index contributed by atoms with van der Waals surface area (Å²) in [5, 5.41) is 3.05. The summed E-state index contributed by atoms with van der Waals surface area (Å²) in [7, 11) is 7.35. The molecule has 3 rings (SSSR count). The summed E-state index contributed by atoms with van der Waals surface area (Å²) < 4.78 is 21.5. The first kappa shape index (κ1) is 21.6. The number of aromatic nitrogens is 2. The Morgan fingerprint density at radius 3 is 2.80 bits per heavy atom. The molecule has 1 heterocycles. The van der Waals surface area contributed by atoms with Crippen molar-refractivity contribution in [1.29, 1.82) is 0 Å². The van der Waals surface area contributed by atoms with Gasteiger partial charge in [-0.25, -0.2) is 19.6 Å². The van der Waals surface area contributed by atoms with Crippen molar-refractivity contribution in [1.82, 2.24) is 15.0 Å². The van der Waals surface area contributed by atoms with Crippen LogP contribution in [-0.4, -0.2) is 42.5 Å². The maximum atomic E-state index is 15.2. The van der Waals surface area contributed by atoms with E-state index in [1.165, 1.54) is 18.5 Å². The number of aryl methyl sites for hydroxylation is 1. The molecule has 1 aromatic heterocycles. The summed E-state index contributed by atoms with van der Waals surface area (Å²) in [4.78, 5) is 33.0. The second-order valence-electron chi connectivity index (χ2n) is 6.23. The molecule has 2 radical (unpaired) electrons. The zero-order chi connectivity index (χ0) is 21.8. The molecule has 11 heteroatoms. The number of benzene rings is 2. The summed E-state index contributed by atoms with van der Waals surface area (Å²) in [5.74, 6) is -2.19. The van der Waals surface area contributed by atoms with Crippen molar-refractivity contribution in [3.8, 4) is 0 Å². The Hall–Kier alpha value is -3.11. The number of carbonyl (C=O) groups excluding carboxylic acids is 2. The van der Waals surface area contributed by atoms with Gasteiger partial charge in [-0.3, -0.25) is 9.63 Å². The van der Waals surface area contributed by atoms with Crippen molar-refractivity contribution in [2.45, 2.75) is 6.92 Å². The van der Waals surface area contributed by atoms with Crippen molar-refractivity contribution in [2.24, 2.45) is 7.05 Å². The highest BCUT2D eigenvalue weighted by molar-refractivity contribution is 6.37. The third-order valence-electron chi connectivity index (χ3n) is 4.12. The molecule has 0 spiro atoms. The summed E-state index contributed by atoms with van der Waals surface area (Å²) >= 11 is 6.17. The van der Waals surface area contributed by atoms with E-state index in [9.17, 15) is 9.59 Å². The fourth-order valence-electron chi connectivity index (χ4n) is 2.71. The Morgan fingerprint density at radius 2 is 2.10 bits per heavy atom. The number of rotatable bonds is 7. The molecule has 0 aliphatic heterocycles. The van der Waals surface area contributed by atoms with Gasteiger partial charge in [-0.15, -0.1) is 0 Å². The van der Waals surface area contributed by atoms with Crippen LogP contribution < -0.4 is 16.3 Å². The van der Waals surface area contributed by atoms with E-state index < -0.39 is 24.3 Å². The lowest BCUT2D eigenvalue weighted by molar-refractivity contribution is -0.150. The fraction of sp³-hybridized carbons (Fsp3) is 0.211. The lowest BCUT2D eigenvalue weighted by Gasteiger charge is -2.15. The lowest BCUT2D eigenvalue weighted by Crippen LogP contribution is -2.28. The van der Waals surface area contributed by atoms with Crippen LogP contribution in [-0.2, 0) is 21.4 Å². The fourth-order valence-corrected chi connectivity index (χ4v) is 2.95. The lowest BCUT2D eigenvalue weighted by atomic mass is 9.96. The van der Waals surface area contributed by atoms with Gasteiger partial charge in [-0.1, -0.05) is 23.1 Å². The van der Waals surface area contributed by atoms with Crippen molar-refractivity contribution < 1.29 is 23.6 Å². The number of carbonyl (C=O) groups is 2. The number of halogens is 2. The number of nitrogens with zero attached hydrogens (tertiary/aromatic N) is 2. The van der Waals surface area contributed by atoms with Crippen LogP contribution >= 0.6 is 11.6 Å². The Balaban J connectivity index is 1.96. The molecule has 2 N–H and O–H groups in total. The summed E-state index contributed by atoms with van der Waals surface area (Å²) in [5.41, 5.74) is 3.08. The normalized spacial score (nSPS) is 10.8. The molecule has 0 atom stereocenters. The number of esters is 1. The minimum absolute atomic E-state index is 0.0653. The van der Waals surface area contributed by atoms with Crippen LogP contribution in [0.4, 0.5) is 15.8 Å². The predicted octanol–water partition coefficient (Wildman–Crippen LogP) is 2.13. The molecule has 3 aromatic rings. The molecule has 0 fully saturated rings. The van der Waals surface area contributed by atoms with Gasteiger partial charge in [0.2, 0.25) is 0 Å². The molecule has 0 saturated heterocycles. The average molecular weight is 431 g/mol. The first-order valence-electron chi connectivity index (χ1n) is 8.85. The second kappa shape index (κ2) is 9.14. The van der Waals surface area contributed by atoms with Crippen LogP contribution in [0.3, 0.4) is 0 Å². The highest BCUT2D eigenvalue weighted by Crippen LogP contribution is 2.32. The second-order valence-corrected chi connectivity index (χ2v) is 6.63. The van der Waals surface area contributed by atoms with Crippen LogP contribution in [0.2, 0.25) is 5.02 Å². The Kier molecular flexibility index (Phi) is 6.58. The van der Waals surface area contributed by atoms with Gasteiger partial charge in [0.05, 0.1) is 40.4 Å². The quantitative estimate of drug-likeness (QED) is 0.339. The van der Waals surface area contributed by atoms with Crippen LogP contribution in [0.15, 0.2) is 30.6 Å². The monoisotopic (exact) mass is 430 g/mol. The number of amides is 1. The number of fused-ring (bicyclic) bond motifs is 1. The van der Waals surface area contributed by atoms with Gasteiger partial charge in [0.15, 0.2) is 12.4 Å². The minimum atomic E-state index is -0.782. The van der Waals surface area contributed by atoms with Crippen molar-refractivity contribution in [2.75, 3.05) is 18.5 Å². The molecule has 30 heavy (non-hydrogen) atoms. The van der Waals surface area contributed by atoms with Crippen molar-refractivity contribution in [3.63, 3.8) is 0 Å². The molecule has 1 amide bonds. The third kappa shape index (κ3) is 4.55. The van der Waals surface area contributed by atoms with Crippen LogP contribution in [0.5, 0.6) is 0 Å². The molecule has 0 unspecified atom stereocenters. The SMILES string of the molecule is [B]c1ccc(Nc2c(C(=O)NOCC(=O)OCC)cc3c(ncn3C)c2F)c(Cl)c1. The maximum absolute atomic E-state index is 15.2. The van der Waals surface area contributed by atoms with E-state index in [4.69, 9.17) is 29.0 Å². The smallest absolute Gasteiger partial charge is 0.334 e. The predicted molar refractivity (Wildman–Crippen MR) is 111 cm³/mol.